The normalized spacial score (nSPS) is 27.0. The number of phenolic OH excluding ortho intramolecular Hbond substituents is 1. The molecular formula is C23H25NO3. The van der Waals surface area contributed by atoms with Gasteiger partial charge >= 0.3 is 0 Å². The Morgan fingerprint density at radius 3 is 2.70 bits per heavy atom. The number of carbonyl (C=O) groups is 1. The van der Waals surface area contributed by atoms with Gasteiger partial charge < -0.3 is 9.84 Å². The zero-order chi connectivity index (χ0) is 19.0. The van der Waals surface area contributed by atoms with Gasteiger partial charge in [0.25, 0.3) is 0 Å². The molecule has 2 bridgehead atoms. The van der Waals surface area contributed by atoms with Crippen molar-refractivity contribution in [2.75, 3.05) is 20.7 Å². The lowest BCUT2D eigenvalue weighted by Gasteiger charge is -2.50. The van der Waals surface area contributed by atoms with Crippen LogP contribution in [0.1, 0.15) is 30.4 Å². The fourth-order valence-electron chi connectivity index (χ4n) is 4.53. The highest BCUT2D eigenvalue weighted by molar-refractivity contribution is 6.02. The number of fused-ring (bicyclic) bond motifs is 2. The van der Waals surface area contributed by atoms with Gasteiger partial charge in [-0.1, -0.05) is 24.3 Å². The first-order valence-electron chi connectivity index (χ1n) is 9.39. The summed E-state index contributed by atoms with van der Waals surface area (Å²) in [6, 6.07) is 15.3. The van der Waals surface area contributed by atoms with Gasteiger partial charge in [-0.3, -0.25) is 9.69 Å². The van der Waals surface area contributed by atoms with Crippen LogP contribution in [-0.4, -0.2) is 42.5 Å². The fraction of sp³-hybridized carbons (Fsp3) is 0.348. The van der Waals surface area contributed by atoms with Crippen molar-refractivity contribution in [1.29, 1.82) is 0 Å². The number of nitrogens with zero attached hydrogens (tertiary/aromatic N) is 1. The van der Waals surface area contributed by atoms with E-state index in [2.05, 4.69) is 11.9 Å². The molecule has 4 nitrogen and oxygen atoms in total. The van der Waals surface area contributed by atoms with Gasteiger partial charge in [-0.15, -0.1) is 0 Å². The van der Waals surface area contributed by atoms with Crippen molar-refractivity contribution in [3.05, 3.63) is 65.2 Å². The maximum absolute atomic E-state index is 13.2. The number of phenols is 1. The molecule has 1 heterocycles. The number of rotatable bonds is 3. The van der Waals surface area contributed by atoms with Gasteiger partial charge in [0.15, 0.2) is 5.78 Å². The Balaban J connectivity index is 1.69. The molecule has 0 unspecified atom stereocenters. The van der Waals surface area contributed by atoms with Crippen LogP contribution in [0.3, 0.4) is 0 Å². The molecule has 1 saturated carbocycles. The van der Waals surface area contributed by atoms with Gasteiger partial charge in [-0.05, 0) is 67.9 Å². The van der Waals surface area contributed by atoms with E-state index in [1.807, 2.05) is 48.5 Å². The number of ether oxygens (including phenoxy) is 1. The first kappa shape index (κ1) is 17.8. The van der Waals surface area contributed by atoms with Crippen LogP contribution in [0.4, 0.5) is 0 Å². The van der Waals surface area contributed by atoms with Gasteiger partial charge in [-0.2, -0.15) is 0 Å². The number of Topliss-reactive ketones (excluding diaryl/α,β-unsaturated/α-hetero) is 1. The molecule has 1 N–H and O–H groups in total. The zero-order valence-electron chi connectivity index (χ0n) is 15.8. The van der Waals surface area contributed by atoms with Crippen LogP contribution < -0.4 is 4.74 Å². The van der Waals surface area contributed by atoms with Crippen molar-refractivity contribution in [1.82, 2.24) is 4.90 Å². The van der Waals surface area contributed by atoms with Crippen LogP contribution in [-0.2, 0) is 10.2 Å². The summed E-state index contributed by atoms with van der Waals surface area (Å²) in [7, 11) is 3.74. The highest BCUT2D eigenvalue weighted by Crippen LogP contribution is 2.47. The smallest absolute Gasteiger partial charge is 0.161 e. The summed E-state index contributed by atoms with van der Waals surface area (Å²) in [6.45, 7) is 0.938. The summed E-state index contributed by atoms with van der Waals surface area (Å²) in [6.07, 6.45) is 4.37. The van der Waals surface area contributed by atoms with Crippen molar-refractivity contribution < 1.29 is 14.6 Å². The summed E-state index contributed by atoms with van der Waals surface area (Å²) in [5.74, 6) is 1.28. The molecule has 0 radical (unpaired) electrons. The SMILES string of the molecule is COc1ccc(/C=C2/C(=O)C[C@]3(c4cccc(O)c4)CCN(C)[C@H]2C3)cc1. The first-order chi connectivity index (χ1) is 13.0. The van der Waals surface area contributed by atoms with Crippen molar-refractivity contribution >= 4 is 11.9 Å². The van der Waals surface area contributed by atoms with Crippen molar-refractivity contribution in [3.8, 4) is 11.5 Å². The molecule has 0 spiro atoms. The summed E-state index contributed by atoms with van der Waals surface area (Å²) in [5.41, 5.74) is 2.81. The molecule has 140 valence electrons. The van der Waals surface area contributed by atoms with E-state index in [1.54, 1.807) is 13.2 Å². The second kappa shape index (κ2) is 6.86. The Kier molecular flexibility index (Phi) is 4.52. The second-order valence-corrected chi connectivity index (χ2v) is 7.75. The molecule has 27 heavy (non-hydrogen) atoms. The predicted molar refractivity (Wildman–Crippen MR) is 106 cm³/mol. The number of piperidine rings is 1. The average molecular weight is 363 g/mol. The van der Waals surface area contributed by atoms with Crippen LogP contribution in [0.15, 0.2) is 54.1 Å². The summed E-state index contributed by atoms with van der Waals surface area (Å²) < 4.78 is 5.22. The first-order valence-corrected chi connectivity index (χ1v) is 9.39. The highest BCUT2D eigenvalue weighted by Gasteiger charge is 2.48. The summed E-state index contributed by atoms with van der Waals surface area (Å²) in [5, 5.41) is 9.93. The van der Waals surface area contributed by atoms with Gasteiger partial charge in [-0.25, -0.2) is 0 Å². The molecule has 0 amide bonds. The number of hydrogen-bond acceptors (Lipinski definition) is 4. The average Bonchev–Trinajstić information content (AvgIpc) is 2.68. The zero-order valence-corrected chi connectivity index (χ0v) is 15.8. The van der Waals surface area contributed by atoms with Crippen LogP contribution in [0.2, 0.25) is 0 Å². The lowest BCUT2D eigenvalue weighted by molar-refractivity contribution is -0.120. The van der Waals surface area contributed by atoms with E-state index >= 15 is 0 Å². The van der Waals surface area contributed by atoms with Crippen LogP contribution >= 0.6 is 0 Å². The molecule has 4 rings (SSSR count). The third kappa shape index (κ3) is 3.26. The van der Waals surface area contributed by atoms with Crippen LogP contribution in [0.25, 0.3) is 6.08 Å². The number of ketones is 1. The van der Waals surface area contributed by atoms with Gasteiger partial charge in [0, 0.05) is 23.5 Å². The molecule has 2 aromatic carbocycles. The molecule has 2 aromatic rings. The molecule has 4 heteroatoms. The number of benzene rings is 2. The monoisotopic (exact) mass is 363 g/mol. The molecule has 0 aromatic heterocycles. The summed E-state index contributed by atoms with van der Waals surface area (Å²) in [4.78, 5) is 15.4. The van der Waals surface area contributed by atoms with E-state index in [0.29, 0.717) is 6.42 Å². The largest absolute Gasteiger partial charge is 0.508 e. The standard InChI is InChI=1S/C23H25NO3/c1-24-11-10-23(17-4-3-5-18(25)13-17)14-21(24)20(22(26)15-23)12-16-6-8-19(27-2)9-7-16/h3-9,12-13,21,25H,10-11,14-15H2,1-2H3/b20-12+/t21-,23-/m0/s1. The van der Waals surface area contributed by atoms with E-state index < -0.39 is 0 Å². The molecule has 2 fully saturated rings. The van der Waals surface area contributed by atoms with Crippen molar-refractivity contribution in [3.63, 3.8) is 0 Å². The van der Waals surface area contributed by atoms with Gasteiger partial charge in [0.2, 0.25) is 0 Å². The maximum atomic E-state index is 13.2. The fourth-order valence-corrected chi connectivity index (χ4v) is 4.53. The van der Waals surface area contributed by atoms with Crippen molar-refractivity contribution in [2.24, 2.45) is 0 Å². The second-order valence-electron chi connectivity index (χ2n) is 7.75. The Labute approximate surface area is 160 Å². The lowest BCUT2D eigenvalue weighted by Crippen LogP contribution is -2.53. The van der Waals surface area contributed by atoms with Gasteiger partial charge in [0.05, 0.1) is 7.11 Å². The number of methoxy groups -OCH3 is 1. The Hall–Kier alpha value is -2.59. The highest BCUT2D eigenvalue weighted by atomic mass is 16.5. The van der Waals surface area contributed by atoms with E-state index in [-0.39, 0.29) is 23.0 Å². The number of likely N-dealkylation sites (tertiary alicyclic amines) is 1. The van der Waals surface area contributed by atoms with Gasteiger partial charge in [0.1, 0.15) is 11.5 Å². The third-order valence-corrected chi connectivity index (χ3v) is 6.14. The van der Waals surface area contributed by atoms with Crippen molar-refractivity contribution in [2.45, 2.75) is 30.7 Å². The van der Waals surface area contributed by atoms with Crippen LogP contribution in [0.5, 0.6) is 11.5 Å². The molecule has 1 aliphatic heterocycles. The molecule has 2 aliphatic rings. The Bertz CT molecular complexity index is 887. The van der Waals surface area contributed by atoms with E-state index in [9.17, 15) is 9.90 Å². The van der Waals surface area contributed by atoms with E-state index in [1.165, 1.54) is 0 Å². The number of aromatic hydroxyl groups is 1. The lowest BCUT2D eigenvalue weighted by atomic mass is 9.61. The number of likely N-dealkylation sites (N-methyl/N-ethyl adjacent to an activating group) is 1. The van der Waals surface area contributed by atoms with Crippen LogP contribution in [0, 0.1) is 0 Å². The number of hydrogen-bond donors (Lipinski definition) is 1. The van der Waals surface area contributed by atoms with E-state index in [4.69, 9.17) is 4.74 Å². The minimum atomic E-state index is -0.176. The quantitative estimate of drug-likeness (QED) is 0.843. The summed E-state index contributed by atoms with van der Waals surface area (Å²) >= 11 is 0. The minimum Gasteiger partial charge on any atom is -0.508 e. The molecule has 1 saturated heterocycles. The van der Waals surface area contributed by atoms with E-state index in [0.717, 1.165) is 41.8 Å². The third-order valence-electron chi connectivity index (χ3n) is 6.14. The maximum Gasteiger partial charge on any atom is 0.161 e. The molecule has 2 atom stereocenters. The number of carbonyl (C=O) groups excluding carboxylic acids is 1. The predicted octanol–water partition coefficient (Wildman–Crippen LogP) is 3.79. The molecule has 1 aliphatic carbocycles. The minimum absolute atomic E-state index is 0.101. The Morgan fingerprint density at radius 1 is 1.22 bits per heavy atom. The topological polar surface area (TPSA) is 49.8 Å². The Morgan fingerprint density at radius 2 is 2.00 bits per heavy atom. The molecular weight excluding hydrogens is 338 g/mol.